The average molecular weight is 292 g/mol. The van der Waals surface area contributed by atoms with Gasteiger partial charge in [-0.1, -0.05) is 36.9 Å². The van der Waals surface area contributed by atoms with E-state index in [9.17, 15) is 21.6 Å². The lowest BCUT2D eigenvalue weighted by atomic mass is 10.1. The highest BCUT2D eigenvalue weighted by Crippen LogP contribution is 2.29. The fourth-order valence-electron chi connectivity index (χ4n) is 1.25. The molecule has 0 aliphatic heterocycles. The van der Waals surface area contributed by atoms with Gasteiger partial charge in [0.15, 0.2) is 0 Å². The van der Waals surface area contributed by atoms with Crippen LogP contribution in [0.1, 0.15) is 12.5 Å². The maximum atomic E-state index is 12.2. The minimum atomic E-state index is -5.69. The van der Waals surface area contributed by atoms with Crippen molar-refractivity contribution in [3.63, 3.8) is 0 Å². The first-order valence-electron chi connectivity index (χ1n) is 5.08. The van der Waals surface area contributed by atoms with Gasteiger partial charge in [0, 0.05) is 5.57 Å². The van der Waals surface area contributed by atoms with Crippen molar-refractivity contribution in [3.8, 4) is 0 Å². The molecule has 0 spiro atoms. The molecule has 1 rings (SSSR count). The Bertz CT molecular complexity index is 586. The predicted octanol–water partition coefficient (Wildman–Crippen LogP) is 3.47. The Hall–Kier alpha value is -1.76. The van der Waals surface area contributed by atoms with Crippen molar-refractivity contribution in [2.75, 3.05) is 0 Å². The predicted molar refractivity (Wildman–Crippen MR) is 65.3 cm³/mol. The van der Waals surface area contributed by atoms with Crippen LogP contribution in [0, 0.1) is 0 Å². The van der Waals surface area contributed by atoms with Crippen molar-refractivity contribution in [2.24, 2.45) is 0 Å². The van der Waals surface area contributed by atoms with Gasteiger partial charge in [-0.15, -0.1) is 0 Å². The Morgan fingerprint density at radius 1 is 1.26 bits per heavy atom. The molecule has 104 valence electrons. The fourth-order valence-corrected chi connectivity index (χ4v) is 1.77. The maximum absolute atomic E-state index is 12.2. The number of allylic oxidation sites excluding steroid dienone is 2. The molecule has 0 saturated heterocycles. The van der Waals surface area contributed by atoms with E-state index < -0.39 is 21.4 Å². The molecule has 0 bridgehead atoms. The van der Waals surface area contributed by atoms with Gasteiger partial charge in [0.2, 0.25) is 0 Å². The first-order chi connectivity index (χ1) is 8.69. The molecular weight excluding hydrogens is 281 g/mol. The minimum absolute atomic E-state index is 0.239. The van der Waals surface area contributed by atoms with Gasteiger partial charge in [-0.25, -0.2) is 0 Å². The third-order valence-electron chi connectivity index (χ3n) is 2.24. The van der Waals surface area contributed by atoms with Crippen LogP contribution in [0.2, 0.25) is 0 Å². The first-order valence-corrected chi connectivity index (χ1v) is 6.49. The van der Waals surface area contributed by atoms with E-state index >= 15 is 0 Å². The van der Waals surface area contributed by atoms with E-state index in [1.54, 1.807) is 30.3 Å². The van der Waals surface area contributed by atoms with Crippen molar-refractivity contribution in [2.45, 2.75) is 12.4 Å². The average Bonchev–Trinajstić information content (AvgIpc) is 2.35. The van der Waals surface area contributed by atoms with Crippen LogP contribution in [-0.2, 0) is 14.3 Å². The third-order valence-corrected chi connectivity index (χ3v) is 3.21. The summed E-state index contributed by atoms with van der Waals surface area (Å²) >= 11 is 0. The highest BCUT2D eigenvalue weighted by atomic mass is 32.2. The molecule has 0 atom stereocenters. The topological polar surface area (TPSA) is 43.4 Å². The van der Waals surface area contributed by atoms with Gasteiger partial charge in [-0.05, 0) is 18.6 Å². The van der Waals surface area contributed by atoms with E-state index in [0.717, 1.165) is 6.08 Å². The molecule has 0 radical (unpaired) electrons. The molecule has 0 amide bonds. The largest absolute Gasteiger partial charge is 0.534 e. The fraction of sp³-hybridized carbons (Fsp3) is 0.167. The van der Waals surface area contributed by atoms with Crippen LogP contribution in [-0.4, -0.2) is 13.9 Å². The number of benzene rings is 1. The monoisotopic (exact) mass is 292 g/mol. The van der Waals surface area contributed by atoms with Crippen molar-refractivity contribution in [1.29, 1.82) is 0 Å². The number of hydrogen-bond acceptors (Lipinski definition) is 3. The molecule has 3 nitrogen and oxygen atoms in total. The quantitative estimate of drug-likeness (QED) is 0.369. The Morgan fingerprint density at radius 2 is 1.79 bits per heavy atom. The lowest BCUT2D eigenvalue weighted by Crippen LogP contribution is -2.25. The minimum Gasteiger partial charge on any atom is -0.376 e. The van der Waals surface area contributed by atoms with Crippen molar-refractivity contribution in [3.05, 3.63) is 54.3 Å². The van der Waals surface area contributed by atoms with Crippen LogP contribution in [0.5, 0.6) is 0 Å². The highest BCUT2D eigenvalue weighted by Gasteiger charge is 2.48. The second-order valence-corrected chi connectivity index (χ2v) is 5.08. The van der Waals surface area contributed by atoms with Gasteiger partial charge in [-0.2, -0.15) is 21.6 Å². The molecule has 7 heteroatoms. The standard InChI is InChI=1S/C12H11F3O3S/c1-3-11(18-19(16,17)12(13,14)15)9(2)10-7-5-4-6-8-10/h3-8H,1H2,2H3/b11-9+. The van der Waals surface area contributed by atoms with Gasteiger partial charge in [0.1, 0.15) is 5.76 Å². The van der Waals surface area contributed by atoms with E-state index in [-0.39, 0.29) is 5.57 Å². The van der Waals surface area contributed by atoms with Crippen LogP contribution in [0.3, 0.4) is 0 Å². The Balaban J connectivity index is 3.20. The van der Waals surface area contributed by atoms with E-state index in [2.05, 4.69) is 10.8 Å². The zero-order valence-electron chi connectivity index (χ0n) is 9.94. The van der Waals surface area contributed by atoms with Gasteiger partial charge >= 0.3 is 15.6 Å². The van der Waals surface area contributed by atoms with E-state index in [4.69, 9.17) is 0 Å². The van der Waals surface area contributed by atoms with Gasteiger partial charge < -0.3 is 4.18 Å². The number of alkyl halides is 3. The first kappa shape index (κ1) is 15.3. The van der Waals surface area contributed by atoms with Gasteiger partial charge in [0.05, 0.1) is 0 Å². The zero-order chi connectivity index (χ0) is 14.7. The van der Waals surface area contributed by atoms with E-state index in [1.807, 2.05) is 0 Å². The number of halogens is 3. The highest BCUT2D eigenvalue weighted by molar-refractivity contribution is 7.87. The van der Waals surface area contributed by atoms with Crippen LogP contribution < -0.4 is 0 Å². The van der Waals surface area contributed by atoms with Crippen molar-refractivity contribution >= 4 is 15.7 Å². The maximum Gasteiger partial charge on any atom is 0.534 e. The Labute approximate surface area is 109 Å². The summed E-state index contributed by atoms with van der Waals surface area (Å²) in [6, 6.07) is 8.28. The Morgan fingerprint density at radius 3 is 2.21 bits per heavy atom. The van der Waals surface area contributed by atoms with Gasteiger partial charge in [0.25, 0.3) is 0 Å². The summed E-state index contributed by atoms with van der Waals surface area (Å²) in [7, 11) is -5.69. The van der Waals surface area contributed by atoms with E-state index in [1.165, 1.54) is 6.92 Å². The molecule has 0 unspecified atom stereocenters. The molecule has 1 aromatic carbocycles. The SMILES string of the molecule is C=C/C(OS(=O)(=O)C(F)(F)F)=C(/C)c1ccccc1. The molecular formula is C12H11F3O3S. The lowest BCUT2D eigenvalue weighted by Gasteiger charge is -2.12. The summed E-state index contributed by atoms with van der Waals surface area (Å²) < 4.78 is 62.6. The molecule has 19 heavy (non-hydrogen) atoms. The smallest absolute Gasteiger partial charge is 0.376 e. The van der Waals surface area contributed by atoms with Gasteiger partial charge in [-0.3, -0.25) is 0 Å². The Kier molecular flexibility index (Phi) is 4.41. The number of hydrogen-bond donors (Lipinski definition) is 0. The zero-order valence-corrected chi connectivity index (χ0v) is 10.8. The molecule has 0 aromatic heterocycles. The van der Waals surface area contributed by atoms with Crippen LogP contribution in [0.25, 0.3) is 5.57 Å². The molecule has 0 N–H and O–H groups in total. The summed E-state index contributed by atoms with van der Waals surface area (Å²) in [4.78, 5) is 0. The summed E-state index contributed by atoms with van der Waals surface area (Å²) in [6.45, 7) is 4.70. The summed E-state index contributed by atoms with van der Waals surface area (Å²) in [6.07, 6.45) is 0.922. The molecule has 0 aliphatic carbocycles. The number of rotatable bonds is 4. The molecule has 0 fully saturated rings. The summed E-state index contributed by atoms with van der Waals surface area (Å²) in [5.74, 6) is -0.455. The molecule has 0 aliphatic rings. The molecule has 0 heterocycles. The van der Waals surface area contributed by atoms with Crippen molar-refractivity contribution < 1.29 is 25.8 Å². The second kappa shape index (κ2) is 5.48. The van der Waals surface area contributed by atoms with Crippen LogP contribution in [0.15, 0.2) is 48.7 Å². The molecule has 0 saturated carbocycles. The summed E-state index contributed by atoms with van der Waals surface area (Å²) in [5.41, 5.74) is -4.70. The van der Waals surface area contributed by atoms with Crippen LogP contribution in [0.4, 0.5) is 13.2 Å². The second-order valence-electron chi connectivity index (χ2n) is 3.54. The van der Waals surface area contributed by atoms with E-state index in [0.29, 0.717) is 5.56 Å². The third kappa shape index (κ3) is 3.60. The normalized spacial score (nSPS) is 13.7. The summed E-state index contributed by atoms with van der Waals surface area (Å²) in [5, 5.41) is 0. The van der Waals surface area contributed by atoms with Crippen molar-refractivity contribution in [1.82, 2.24) is 0 Å². The van der Waals surface area contributed by atoms with Crippen LogP contribution >= 0.6 is 0 Å². The molecule has 1 aromatic rings. The lowest BCUT2D eigenvalue weighted by molar-refractivity contribution is -0.0519.